The summed E-state index contributed by atoms with van der Waals surface area (Å²) in [4.78, 5) is 50.8. The molecule has 2 fully saturated rings. The highest BCUT2D eigenvalue weighted by Gasteiger charge is 2.53. The number of hydrogen-bond donors (Lipinski definition) is 0. The Morgan fingerprint density at radius 3 is 2.04 bits per heavy atom. The summed E-state index contributed by atoms with van der Waals surface area (Å²) in [7, 11) is 1.30. The van der Waals surface area contributed by atoms with Gasteiger partial charge in [0.2, 0.25) is 5.91 Å². The first-order chi connectivity index (χ1) is 12.4. The van der Waals surface area contributed by atoms with Crippen LogP contribution < -0.4 is 0 Å². The van der Waals surface area contributed by atoms with Crippen molar-refractivity contribution >= 4 is 23.8 Å². The summed E-state index contributed by atoms with van der Waals surface area (Å²) in [5.74, 6) is -1.67. The molecule has 1 saturated heterocycles. The van der Waals surface area contributed by atoms with E-state index in [9.17, 15) is 19.2 Å². The molecule has 1 unspecified atom stereocenters. The number of esters is 3. The average Bonchev–Trinajstić information content (AvgIpc) is 3.03. The summed E-state index contributed by atoms with van der Waals surface area (Å²) in [5.41, 5.74) is -1.33. The molecule has 0 radical (unpaired) electrons. The van der Waals surface area contributed by atoms with Crippen LogP contribution in [0.5, 0.6) is 0 Å². The van der Waals surface area contributed by atoms with E-state index in [0.29, 0.717) is 25.7 Å². The van der Waals surface area contributed by atoms with Crippen LogP contribution in [0.2, 0.25) is 0 Å². The number of methoxy groups -OCH3 is 1. The fraction of sp³-hybridized carbons (Fsp3) is 0.778. The summed E-state index contributed by atoms with van der Waals surface area (Å²) in [6, 6.07) is -0.790. The average molecular weight is 369 g/mol. The van der Waals surface area contributed by atoms with E-state index < -0.39 is 29.4 Å². The smallest absolute Gasteiger partial charge is 0.328 e. The van der Waals surface area contributed by atoms with Gasteiger partial charge < -0.3 is 19.1 Å². The first kappa shape index (κ1) is 20.2. The maximum atomic E-state index is 12.5. The van der Waals surface area contributed by atoms with Crippen molar-refractivity contribution in [1.29, 1.82) is 0 Å². The fourth-order valence-corrected chi connectivity index (χ4v) is 3.93. The maximum absolute atomic E-state index is 12.5. The minimum absolute atomic E-state index is 0.0924. The number of hydrogen-bond acceptors (Lipinski definition) is 7. The Bertz CT molecular complexity index is 546. The normalized spacial score (nSPS) is 22.8. The van der Waals surface area contributed by atoms with Crippen LogP contribution in [0.1, 0.15) is 52.4 Å². The third-order valence-electron chi connectivity index (χ3n) is 5.26. The Balaban J connectivity index is 2.15. The third kappa shape index (κ3) is 3.68. The molecule has 26 heavy (non-hydrogen) atoms. The van der Waals surface area contributed by atoms with E-state index in [1.807, 2.05) is 0 Å². The molecule has 0 N–H and O–H groups in total. The lowest BCUT2D eigenvalue weighted by Crippen LogP contribution is -2.52. The number of ether oxygens (including phenoxy) is 3. The van der Waals surface area contributed by atoms with Gasteiger partial charge in [0, 0.05) is 12.5 Å². The van der Waals surface area contributed by atoms with Gasteiger partial charge >= 0.3 is 17.9 Å². The molecule has 1 aliphatic heterocycles. The van der Waals surface area contributed by atoms with Crippen LogP contribution in [0.4, 0.5) is 0 Å². The molecule has 1 atom stereocenters. The van der Waals surface area contributed by atoms with E-state index in [-0.39, 0.29) is 38.0 Å². The molecule has 1 heterocycles. The number of amides is 1. The largest absolute Gasteiger partial charge is 0.467 e. The van der Waals surface area contributed by atoms with E-state index in [2.05, 4.69) is 0 Å². The second-order valence-corrected chi connectivity index (χ2v) is 6.63. The van der Waals surface area contributed by atoms with Crippen molar-refractivity contribution in [2.75, 3.05) is 20.3 Å². The zero-order valence-corrected chi connectivity index (χ0v) is 15.6. The summed E-state index contributed by atoms with van der Waals surface area (Å²) >= 11 is 0. The van der Waals surface area contributed by atoms with E-state index in [0.717, 1.165) is 0 Å². The van der Waals surface area contributed by atoms with E-state index in [1.54, 1.807) is 18.7 Å². The molecule has 0 bridgehead atoms. The zero-order chi connectivity index (χ0) is 19.3. The second-order valence-electron chi connectivity index (χ2n) is 6.63. The van der Waals surface area contributed by atoms with Gasteiger partial charge in [-0.25, -0.2) is 4.79 Å². The van der Waals surface area contributed by atoms with Crippen molar-refractivity contribution in [2.45, 2.75) is 64.5 Å². The molecule has 0 aromatic heterocycles. The number of rotatable bonds is 6. The summed E-state index contributed by atoms with van der Waals surface area (Å²) in [5, 5.41) is 0. The number of likely N-dealkylation sites (tertiary alicyclic amines) is 1. The molecule has 1 aliphatic carbocycles. The van der Waals surface area contributed by atoms with Crippen molar-refractivity contribution in [1.82, 2.24) is 4.90 Å². The van der Waals surface area contributed by atoms with Gasteiger partial charge in [0.25, 0.3) is 0 Å². The van der Waals surface area contributed by atoms with Crippen LogP contribution >= 0.6 is 0 Å². The topological polar surface area (TPSA) is 99.2 Å². The van der Waals surface area contributed by atoms with Gasteiger partial charge in [-0.1, -0.05) is 0 Å². The van der Waals surface area contributed by atoms with Gasteiger partial charge in [-0.05, 0) is 46.0 Å². The summed E-state index contributed by atoms with van der Waals surface area (Å²) in [6.45, 7) is 3.73. The van der Waals surface area contributed by atoms with Crippen LogP contribution in [0, 0.1) is 5.41 Å². The quantitative estimate of drug-likeness (QED) is 0.394. The van der Waals surface area contributed by atoms with Gasteiger partial charge in [0.1, 0.15) is 6.04 Å². The lowest BCUT2D eigenvalue weighted by atomic mass is 9.72. The van der Waals surface area contributed by atoms with Crippen molar-refractivity contribution in [3.8, 4) is 0 Å². The highest BCUT2D eigenvalue weighted by Crippen LogP contribution is 2.42. The third-order valence-corrected chi connectivity index (χ3v) is 5.26. The van der Waals surface area contributed by atoms with E-state index >= 15 is 0 Å². The first-order valence-electron chi connectivity index (χ1n) is 9.14. The lowest BCUT2D eigenvalue weighted by Gasteiger charge is -2.40. The molecule has 0 aromatic carbocycles. The van der Waals surface area contributed by atoms with Crippen molar-refractivity contribution < 1.29 is 33.4 Å². The Kier molecular flexibility index (Phi) is 6.61. The van der Waals surface area contributed by atoms with Gasteiger partial charge in [0.05, 0.1) is 20.3 Å². The SMILES string of the molecule is CCOC(=O)C1(C(=O)OCC)CCC(N2C(=O)CCC2C(=O)OC)CC1. The Morgan fingerprint density at radius 1 is 1.04 bits per heavy atom. The Labute approximate surface area is 153 Å². The predicted octanol–water partition coefficient (Wildman–Crippen LogP) is 1.21. The first-order valence-corrected chi connectivity index (χ1v) is 9.14. The van der Waals surface area contributed by atoms with Crippen molar-refractivity contribution in [3.63, 3.8) is 0 Å². The number of nitrogens with zero attached hydrogens (tertiary/aromatic N) is 1. The van der Waals surface area contributed by atoms with Gasteiger partial charge in [-0.2, -0.15) is 0 Å². The number of carbonyl (C=O) groups excluding carboxylic acids is 4. The van der Waals surface area contributed by atoms with Crippen molar-refractivity contribution in [3.05, 3.63) is 0 Å². The van der Waals surface area contributed by atoms with Crippen molar-refractivity contribution in [2.24, 2.45) is 5.41 Å². The summed E-state index contributed by atoms with van der Waals surface area (Å²) < 4.78 is 15.0. The van der Waals surface area contributed by atoms with Crippen LogP contribution in [0.25, 0.3) is 0 Å². The minimum Gasteiger partial charge on any atom is -0.467 e. The molecule has 8 heteroatoms. The van der Waals surface area contributed by atoms with Crippen LogP contribution in [0.3, 0.4) is 0 Å². The van der Waals surface area contributed by atoms with Gasteiger partial charge in [-0.15, -0.1) is 0 Å². The van der Waals surface area contributed by atoms with Crippen LogP contribution in [0.15, 0.2) is 0 Å². The lowest BCUT2D eigenvalue weighted by molar-refractivity contribution is -0.176. The highest BCUT2D eigenvalue weighted by molar-refractivity contribution is 6.00. The molecule has 2 aliphatic rings. The molecule has 2 rings (SSSR count). The Morgan fingerprint density at radius 2 is 1.58 bits per heavy atom. The highest BCUT2D eigenvalue weighted by atomic mass is 16.6. The fourth-order valence-electron chi connectivity index (χ4n) is 3.93. The molecular formula is C18H27NO7. The van der Waals surface area contributed by atoms with Crippen LogP contribution in [-0.2, 0) is 33.4 Å². The van der Waals surface area contributed by atoms with E-state index in [1.165, 1.54) is 7.11 Å². The summed E-state index contributed by atoms with van der Waals surface area (Å²) in [6.07, 6.45) is 2.05. The monoisotopic (exact) mass is 369 g/mol. The second kappa shape index (κ2) is 8.51. The molecule has 1 amide bonds. The molecular weight excluding hydrogens is 342 g/mol. The van der Waals surface area contributed by atoms with Gasteiger partial charge in [0.15, 0.2) is 5.41 Å². The zero-order valence-electron chi connectivity index (χ0n) is 15.6. The molecule has 0 aromatic rings. The number of carbonyl (C=O) groups is 4. The standard InChI is InChI=1S/C18H27NO7/c1-4-25-16(22)18(17(23)26-5-2)10-8-12(9-11-18)19-13(15(21)24-3)6-7-14(19)20/h12-13H,4-11H2,1-3H3. The molecule has 1 saturated carbocycles. The predicted molar refractivity (Wildman–Crippen MR) is 89.8 cm³/mol. The maximum Gasteiger partial charge on any atom is 0.328 e. The van der Waals surface area contributed by atoms with Crippen LogP contribution in [-0.4, -0.2) is 61.1 Å². The molecule has 146 valence electrons. The Hall–Kier alpha value is -2.12. The molecule has 8 nitrogen and oxygen atoms in total. The van der Waals surface area contributed by atoms with E-state index in [4.69, 9.17) is 14.2 Å². The molecule has 0 spiro atoms. The minimum atomic E-state index is -1.33. The van der Waals surface area contributed by atoms with Gasteiger partial charge in [-0.3, -0.25) is 14.4 Å².